The van der Waals surface area contributed by atoms with Gasteiger partial charge in [-0.25, -0.2) is 8.42 Å². The fraction of sp³-hybridized carbons (Fsp3) is 0.167. The largest absolute Gasteiger partial charge is 0.324 e. The molecule has 1 heterocycles. The molecule has 0 aliphatic carbocycles. The molecule has 0 fully saturated rings. The number of benzene rings is 2. The molecule has 1 aliphatic heterocycles. The highest BCUT2D eigenvalue weighted by Crippen LogP contribution is 2.37. The molecule has 0 radical (unpaired) electrons. The van der Waals surface area contributed by atoms with E-state index < -0.39 is 10.0 Å². The number of anilines is 2. The lowest BCUT2D eigenvalue weighted by Crippen LogP contribution is -2.31. The van der Waals surface area contributed by atoms with Gasteiger partial charge in [0.1, 0.15) is 0 Å². The number of thioether (sulfide) groups is 1. The second-order valence-electron chi connectivity index (χ2n) is 5.57. The van der Waals surface area contributed by atoms with Gasteiger partial charge in [0.05, 0.1) is 28.1 Å². The van der Waals surface area contributed by atoms with E-state index in [1.165, 1.54) is 22.1 Å². The van der Waals surface area contributed by atoms with Crippen molar-refractivity contribution in [3.8, 4) is 0 Å². The van der Waals surface area contributed by atoms with Gasteiger partial charge in [0.2, 0.25) is 5.91 Å². The van der Waals surface area contributed by atoms with Crippen LogP contribution in [-0.2, 0) is 14.8 Å². The lowest BCUT2D eigenvalue weighted by atomic mass is 10.3. The van der Waals surface area contributed by atoms with Crippen molar-refractivity contribution in [3.05, 3.63) is 61.2 Å². The number of nitrogens with one attached hydrogen (secondary N) is 1. The summed E-state index contributed by atoms with van der Waals surface area (Å²) in [4.78, 5) is 12.9. The van der Waals surface area contributed by atoms with Gasteiger partial charge in [-0.05, 0) is 37.3 Å². The summed E-state index contributed by atoms with van der Waals surface area (Å²) < 4.78 is 27.5. The van der Waals surface area contributed by atoms with Crippen molar-refractivity contribution >= 4 is 39.1 Å². The van der Waals surface area contributed by atoms with E-state index >= 15 is 0 Å². The van der Waals surface area contributed by atoms with Gasteiger partial charge in [0, 0.05) is 4.90 Å². The Kier molecular flexibility index (Phi) is 4.87. The van der Waals surface area contributed by atoms with Crippen LogP contribution >= 0.6 is 11.8 Å². The number of para-hydroxylation sites is 1. The highest BCUT2D eigenvalue weighted by molar-refractivity contribution is 8.01. The van der Waals surface area contributed by atoms with Crippen LogP contribution in [0.5, 0.6) is 0 Å². The molecular formula is C18H18N2O3S2. The molecule has 1 amide bonds. The van der Waals surface area contributed by atoms with E-state index in [1.54, 1.807) is 42.5 Å². The molecule has 0 unspecified atom stereocenters. The molecule has 7 heteroatoms. The third kappa shape index (κ3) is 3.43. The molecule has 5 nitrogen and oxygen atoms in total. The second-order valence-corrected chi connectivity index (χ2v) is 8.81. The fourth-order valence-electron chi connectivity index (χ4n) is 2.53. The summed E-state index contributed by atoms with van der Waals surface area (Å²) in [6.45, 7) is 5.62. The van der Waals surface area contributed by atoms with E-state index in [0.29, 0.717) is 11.4 Å². The van der Waals surface area contributed by atoms with Crippen molar-refractivity contribution in [1.29, 1.82) is 0 Å². The molecule has 0 bridgehead atoms. The van der Waals surface area contributed by atoms with Crippen LogP contribution in [-0.4, -0.2) is 26.1 Å². The zero-order chi connectivity index (χ0) is 18.0. The SMILES string of the molecule is C=CCN(c1ccccc1)S(=O)(=O)c1ccc2c(c1)NC(=O)[C@@H](C)S2. The summed E-state index contributed by atoms with van der Waals surface area (Å²) in [5.74, 6) is -0.127. The molecule has 0 spiro atoms. The number of hydrogen-bond donors (Lipinski definition) is 1. The Morgan fingerprint density at radius 1 is 1.24 bits per heavy atom. The zero-order valence-corrected chi connectivity index (χ0v) is 15.3. The standard InChI is InChI=1S/C18H18N2O3S2/c1-3-11-20(14-7-5-4-6-8-14)25(22,23)15-9-10-17-16(12-15)19-18(21)13(2)24-17/h3-10,12-13H,1,11H2,2H3,(H,19,21)/t13-/m1/s1. The van der Waals surface area contributed by atoms with Gasteiger partial charge in [0.15, 0.2) is 0 Å². The maximum atomic E-state index is 13.1. The van der Waals surface area contributed by atoms with Crippen LogP contribution < -0.4 is 9.62 Å². The van der Waals surface area contributed by atoms with Crippen molar-refractivity contribution < 1.29 is 13.2 Å². The molecule has 2 aromatic rings. The molecule has 1 N–H and O–H groups in total. The van der Waals surface area contributed by atoms with Crippen LogP contribution in [0.3, 0.4) is 0 Å². The Bertz CT molecular complexity index is 911. The number of nitrogens with zero attached hydrogens (tertiary/aromatic N) is 1. The van der Waals surface area contributed by atoms with Gasteiger partial charge < -0.3 is 5.32 Å². The molecule has 25 heavy (non-hydrogen) atoms. The van der Waals surface area contributed by atoms with Gasteiger partial charge in [-0.15, -0.1) is 18.3 Å². The normalized spacial score (nSPS) is 16.7. The van der Waals surface area contributed by atoms with Crippen molar-refractivity contribution in [3.63, 3.8) is 0 Å². The maximum Gasteiger partial charge on any atom is 0.264 e. The third-order valence-electron chi connectivity index (χ3n) is 3.81. The average molecular weight is 374 g/mol. The molecule has 0 saturated heterocycles. The minimum atomic E-state index is -3.78. The minimum Gasteiger partial charge on any atom is -0.324 e. The molecule has 2 aromatic carbocycles. The lowest BCUT2D eigenvalue weighted by Gasteiger charge is -2.25. The van der Waals surface area contributed by atoms with Gasteiger partial charge in [-0.2, -0.15) is 0 Å². The third-order valence-corrected chi connectivity index (χ3v) is 6.78. The number of carbonyl (C=O) groups is 1. The smallest absolute Gasteiger partial charge is 0.264 e. The lowest BCUT2D eigenvalue weighted by molar-refractivity contribution is -0.115. The Hall–Kier alpha value is -2.25. The fourth-order valence-corrected chi connectivity index (χ4v) is 4.92. The Morgan fingerprint density at radius 3 is 2.64 bits per heavy atom. The Labute approximate surface area is 151 Å². The van der Waals surface area contributed by atoms with Crippen LogP contribution in [0.4, 0.5) is 11.4 Å². The van der Waals surface area contributed by atoms with Gasteiger partial charge >= 0.3 is 0 Å². The van der Waals surface area contributed by atoms with Gasteiger partial charge in [0.25, 0.3) is 10.0 Å². The predicted octanol–water partition coefficient (Wildman–Crippen LogP) is 3.50. The van der Waals surface area contributed by atoms with Gasteiger partial charge in [-0.3, -0.25) is 9.10 Å². The summed E-state index contributed by atoms with van der Waals surface area (Å²) in [5, 5.41) is 2.57. The summed E-state index contributed by atoms with van der Waals surface area (Å²) in [7, 11) is -3.78. The minimum absolute atomic E-state index is 0.127. The number of fused-ring (bicyclic) bond motifs is 1. The van der Waals surface area contributed by atoms with E-state index in [1.807, 2.05) is 13.0 Å². The number of amides is 1. The number of hydrogen-bond acceptors (Lipinski definition) is 4. The zero-order valence-electron chi connectivity index (χ0n) is 13.7. The first kappa shape index (κ1) is 17.6. The second kappa shape index (κ2) is 6.93. The molecule has 3 rings (SSSR count). The Morgan fingerprint density at radius 2 is 1.96 bits per heavy atom. The van der Waals surface area contributed by atoms with E-state index in [9.17, 15) is 13.2 Å². The number of sulfonamides is 1. The molecular weight excluding hydrogens is 356 g/mol. The van der Waals surface area contributed by atoms with Crippen molar-refractivity contribution in [2.75, 3.05) is 16.2 Å². The Balaban J connectivity index is 2.03. The van der Waals surface area contributed by atoms with Gasteiger partial charge in [-0.1, -0.05) is 24.3 Å². The number of carbonyl (C=O) groups excluding carboxylic acids is 1. The quantitative estimate of drug-likeness (QED) is 0.814. The van der Waals surface area contributed by atoms with E-state index in [-0.39, 0.29) is 22.6 Å². The summed E-state index contributed by atoms with van der Waals surface area (Å²) in [6.07, 6.45) is 1.54. The topological polar surface area (TPSA) is 66.5 Å². The van der Waals surface area contributed by atoms with Crippen molar-refractivity contribution in [2.45, 2.75) is 22.0 Å². The van der Waals surface area contributed by atoms with E-state index in [0.717, 1.165) is 4.90 Å². The summed E-state index contributed by atoms with van der Waals surface area (Å²) >= 11 is 1.42. The van der Waals surface area contributed by atoms with Crippen molar-refractivity contribution in [1.82, 2.24) is 0 Å². The first-order valence-electron chi connectivity index (χ1n) is 7.74. The van der Waals surface area contributed by atoms with Crippen LogP contribution in [0.2, 0.25) is 0 Å². The monoisotopic (exact) mass is 374 g/mol. The van der Waals surface area contributed by atoms with Crippen LogP contribution in [0, 0.1) is 0 Å². The average Bonchev–Trinajstić information content (AvgIpc) is 2.61. The highest BCUT2D eigenvalue weighted by atomic mass is 32.2. The molecule has 1 atom stereocenters. The first-order valence-corrected chi connectivity index (χ1v) is 10.1. The molecule has 0 aromatic heterocycles. The van der Waals surface area contributed by atoms with Crippen LogP contribution in [0.1, 0.15) is 6.92 Å². The highest BCUT2D eigenvalue weighted by Gasteiger charge is 2.28. The first-order chi connectivity index (χ1) is 11.9. The molecule has 1 aliphatic rings. The maximum absolute atomic E-state index is 13.1. The van der Waals surface area contributed by atoms with Crippen LogP contribution in [0.15, 0.2) is 71.0 Å². The summed E-state index contributed by atoms with van der Waals surface area (Å²) in [5.41, 5.74) is 1.09. The molecule has 0 saturated carbocycles. The van der Waals surface area contributed by atoms with E-state index in [2.05, 4.69) is 11.9 Å². The molecule has 130 valence electrons. The number of rotatable bonds is 5. The van der Waals surface area contributed by atoms with E-state index in [4.69, 9.17) is 0 Å². The van der Waals surface area contributed by atoms with Crippen molar-refractivity contribution in [2.24, 2.45) is 0 Å². The predicted molar refractivity (Wildman–Crippen MR) is 102 cm³/mol. The van der Waals surface area contributed by atoms with Crippen LogP contribution in [0.25, 0.3) is 0 Å². The summed E-state index contributed by atoms with van der Waals surface area (Å²) in [6, 6.07) is 13.7.